The molecule has 0 fully saturated rings. The number of nitrogen functional groups attached to an aromatic ring is 1. The Kier molecular flexibility index (Phi) is 6.39. The zero-order chi connectivity index (χ0) is 18.2. The largest absolute Gasteiger partial charge is 0.495 e. The van der Waals surface area contributed by atoms with Crippen molar-refractivity contribution in [2.75, 3.05) is 19.5 Å². The van der Waals surface area contributed by atoms with Crippen LogP contribution in [0.15, 0.2) is 48.5 Å². The Morgan fingerprint density at radius 1 is 1.16 bits per heavy atom. The summed E-state index contributed by atoms with van der Waals surface area (Å²) in [6, 6.07) is 13.6. The van der Waals surface area contributed by atoms with E-state index in [1.165, 1.54) is 7.11 Å². The molecule has 0 aliphatic heterocycles. The molecular formula is C19H22N2O4. The Morgan fingerprint density at radius 3 is 2.48 bits per heavy atom. The quantitative estimate of drug-likeness (QED) is 0.596. The minimum atomic E-state index is -0.490. The molecule has 0 heterocycles. The van der Waals surface area contributed by atoms with Gasteiger partial charge in [0.2, 0.25) is 0 Å². The fraction of sp³-hybridized carbons (Fsp3) is 0.263. The summed E-state index contributed by atoms with van der Waals surface area (Å²) in [5, 5.41) is 2.87. The van der Waals surface area contributed by atoms with Crippen LogP contribution in [0.2, 0.25) is 0 Å². The summed E-state index contributed by atoms with van der Waals surface area (Å²) in [7, 11) is 1.51. The van der Waals surface area contributed by atoms with Crippen LogP contribution in [-0.2, 0) is 9.53 Å². The third kappa shape index (κ3) is 4.97. The lowest BCUT2D eigenvalue weighted by Gasteiger charge is -2.19. The number of benzene rings is 2. The Balaban J connectivity index is 2.19. The SMILES string of the molecule is CCOC(=O)CC(NC(=O)c1ccc(OC)c(N)c1)c1ccccc1. The maximum absolute atomic E-state index is 12.6. The molecule has 0 saturated heterocycles. The van der Waals surface area contributed by atoms with Gasteiger partial charge in [-0.05, 0) is 30.7 Å². The van der Waals surface area contributed by atoms with E-state index >= 15 is 0 Å². The average molecular weight is 342 g/mol. The number of amides is 1. The van der Waals surface area contributed by atoms with E-state index in [2.05, 4.69) is 5.32 Å². The van der Waals surface area contributed by atoms with Gasteiger partial charge in [-0.2, -0.15) is 0 Å². The summed E-state index contributed by atoms with van der Waals surface area (Å²) >= 11 is 0. The van der Waals surface area contributed by atoms with E-state index in [0.717, 1.165) is 5.56 Å². The fourth-order valence-corrected chi connectivity index (χ4v) is 2.44. The van der Waals surface area contributed by atoms with Gasteiger partial charge in [0.1, 0.15) is 5.75 Å². The minimum Gasteiger partial charge on any atom is -0.495 e. The molecule has 0 bridgehead atoms. The van der Waals surface area contributed by atoms with Crippen LogP contribution in [0.25, 0.3) is 0 Å². The van der Waals surface area contributed by atoms with Gasteiger partial charge in [0.25, 0.3) is 5.91 Å². The number of methoxy groups -OCH3 is 1. The van der Waals surface area contributed by atoms with Crippen LogP contribution in [0.4, 0.5) is 5.69 Å². The standard InChI is InChI=1S/C19H22N2O4/c1-3-25-18(22)12-16(13-7-5-4-6-8-13)21-19(23)14-9-10-17(24-2)15(20)11-14/h4-11,16H,3,12,20H2,1-2H3,(H,21,23). The average Bonchev–Trinajstić information content (AvgIpc) is 2.62. The monoisotopic (exact) mass is 342 g/mol. The predicted octanol–water partition coefficient (Wildman–Crippen LogP) is 2.70. The van der Waals surface area contributed by atoms with E-state index in [0.29, 0.717) is 23.6 Å². The number of hydrogen-bond acceptors (Lipinski definition) is 5. The number of rotatable bonds is 7. The van der Waals surface area contributed by atoms with Crippen LogP contribution < -0.4 is 15.8 Å². The van der Waals surface area contributed by atoms with Gasteiger partial charge in [-0.3, -0.25) is 9.59 Å². The molecule has 3 N–H and O–H groups in total. The molecule has 2 aromatic rings. The number of carbonyl (C=O) groups is 2. The smallest absolute Gasteiger partial charge is 0.308 e. The zero-order valence-corrected chi connectivity index (χ0v) is 14.3. The zero-order valence-electron chi connectivity index (χ0n) is 14.3. The van der Waals surface area contributed by atoms with Crippen molar-refractivity contribution in [2.45, 2.75) is 19.4 Å². The van der Waals surface area contributed by atoms with E-state index in [4.69, 9.17) is 15.2 Å². The second kappa shape index (κ2) is 8.73. The number of anilines is 1. The van der Waals surface area contributed by atoms with Gasteiger partial charge in [-0.15, -0.1) is 0 Å². The predicted molar refractivity (Wildman–Crippen MR) is 95.3 cm³/mol. The molecule has 0 spiro atoms. The van der Waals surface area contributed by atoms with Crippen LogP contribution >= 0.6 is 0 Å². The van der Waals surface area contributed by atoms with Crippen LogP contribution in [0, 0.1) is 0 Å². The van der Waals surface area contributed by atoms with Crippen molar-refractivity contribution < 1.29 is 19.1 Å². The molecule has 1 unspecified atom stereocenters. The number of ether oxygens (including phenoxy) is 2. The highest BCUT2D eigenvalue weighted by molar-refractivity contribution is 5.96. The first-order valence-electron chi connectivity index (χ1n) is 8.00. The lowest BCUT2D eigenvalue weighted by atomic mass is 10.0. The maximum atomic E-state index is 12.6. The van der Waals surface area contributed by atoms with Gasteiger partial charge < -0.3 is 20.5 Å². The van der Waals surface area contributed by atoms with Crippen molar-refractivity contribution in [1.82, 2.24) is 5.32 Å². The van der Waals surface area contributed by atoms with Crippen LogP contribution in [0.5, 0.6) is 5.75 Å². The molecule has 0 radical (unpaired) electrons. The van der Waals surface area contributed by atoms with Gasteiger partial charge in [-0.25, -0.2) is 0 Å². The highest BCUT2D eigenvalue weighted by Crippen LogP contribution is 2.23. The first kappa shape index (κ1) is 18.3. The van der Waals surface area contributed by atoms with E-state index in [9.17, 15) is 9.59 Å². The maximum Gasteiger partial charge on any atom is 0.308 e. The van der Waals surface area contributed by atoms with Crippen molar-refractivity contribution in [1.29, 1.82) is 0 Å². The number of nitrogens with one attached hydrogen (secondary N) is 1. The third-order valence-corrected chi connectivity index (χ3v) is 3.68. The fourth-order valence-electron chi connectivity index (χ4n) is 2.44. The summed E-state index contributed by atoms with van der Waals surface area (Å²) in [6.45, 7) is 2.04. The summed E-state index contributed by atoms with van der Waals surface area (Å²) in [5.41, 5.74) is 7.44. The summed E-state index contributed by atoms with van der Waals surface area (Å²) in [4.78, 5) is 24.4. The van der Waals surface area contributed by atoms with E-state index in [-0.39, 0.29) is 18.3 Å². The van der Waals surface area contributed by atoms with Crippen LogP contribution in [-0.4, -0.2) is 25.6 Å². The van der Waals surface area contributed by atoms with Crippen LogP contribution in [0.1, 0.15) is 35.3 Å². The van der Waals surface area contributed by atoms with Crippen molar-refractivity contribution in [3.63, 3.8) is 0 Å². The van der Waals surface area contributed by atoms with Crippen LogP contribution in [0.3, 0.4) is 0 Å². The summed E-state index contributed by atoms with van der Waals surface area (Å²) < 4.78 is 10.1. The summed E-state index contributed by atoms with van der Waals surface area (Å²) in [6.07, 6.45) is 0.0508. The Labute approximate surface area is 146 Å². The van der Waals surface area contributed by atoms with Crippen molar-refractivity contribution >= 4 is 17.6 Å². The Hall–Kier alpha value is -3.02. The molecule has 2 rings (SSSR count). The van der Waals surface area contributed by atoms with Crippen molar-refractivity contribution in [2.24, 2.45) is 0 Å². The first-order valence-corrected chi connectivity index (χ1v) is 8.00. The van der Waals surface area contributed by atoms with Gasteiger partial charge in [0.15, 0.2) is 0 Å². The topological polar surface area (TPSA) is 90.6 Å². The lowest BCUT2D eigenvalue weighted by molar-refractivity contribution is -0.143. The number of hydrogen-bond donors (Lipinski definition) is 2. The van der Waals surface area contributed by atoms with Crippen molar-refractivity contribution in [3.05, 3.63) is 59.7 Å². The minimum absolute atomic E-state index is 0.0508. The molecule has 0 aliphatic carbocycles. The molecule has 0 aliphatic rings. The van der Waals surface area contributed by atoms with E-state index in [1.807, 2.05) is 30.3 Å². The third-order valence-electron chi connectivity index (χ3n) is 3.68. The second-order valence-corrected chi connectivity index (χ2v) is 5.40. The highest BCUT2D eigenvalue weighted by Gasteiger charge is 2.20. The molecule has 6 heteroatoms. The second-order valence-electron chi connectivity index (χ2n) is 5.40. The molecule has 2 aromatic carbocycles. The highest BCUT2D eigenvalue weighted by atomic mass is 16.5. The van der Waals surface area contributed by atoms with Crippen molar-refractivity contribution in [3.8, 4) is 5.75 Å². The molecule has 6 nitrogen and oxygen atoms in total. The molecule has 1 atom stereocenters. The molecule has 25 heavy (non-hydrogen) atoms. The number of carbonyl (C=O) groups excluding carboxylic acids is 2. The van der Waals surface area contributed by atoms with E-state index in [1.54, 1.807) is 25.1 Å². The number of nitrogens with two attached hydrogens (primary N) is 1. The Morgan fingerprint density at radius 2 is 1.88 bits per heavy atom. The molecule has 0 saturated carbocycles. The van der Waals surface area contributed by atoms with E-state index < -0.39 is 6.04 Å². The molecule has 0 aromatic heterocycles. The normalized spacial score (nSPS) is 11.4. The molecular weight excluding hydrogens is 320 g/mol. The number of esters is 1. The summed E-state index contributed by atoms with van der Waals surface area (Å²) in [5.74, 6) is -0.193. The van der Waals surface area contributed by atoms with Gasteiger partial charge >= 0.3 is 5.97 Å². The van der Waals surface area contributed by atoms with Gasteiger partial charge in [0.05, 0.1) is 31.9 Å². The van der Waals surface area contributed by atoms with Gasteiger partial charge in [0, 0.05) is 5.56 Å². The first-order chi connectivity index (χ1) is 12.0. The molecule has 1 amide bonds. The van der Waals surface area contributed by atoms with Gasteiger partial charge in [-0.1, -0.05) is 30.3 Å². The lowest BCUT2D eigenvalue weighted by Crippen LogP contribution is -2.30. The molecule has 132 valence electrons. The Bertz CT molecular complexity index is 731.